The van der Waals surface area contributed by atoms with Crippen LogP contribution in [0.4, 0.5) is 0 Å². The maximum absolute atomic E-state index is 10.8. The van der Waals surface area contributed by atoms with E-state index >= 15 is 0 Å². The highest BCUT2D eigenvalue weighted by molar-refractivity contribution is 8.13. The largest absolute Gasteiger partial charge is 0.374 e. The molecular formula is C12H15ClO3S. The third kappa shape index (κ3) is 3.98. The summed E-state index contributed by atoms with van der Waals surface area (Å²) >= 11 is 0. The average molecular weight is 275 g/mol. The van der Waals surface area contributed by atoms with Crippen LogP contribution in [0.25, 0.3) is 0 Å². The zero-order valence-electron chi connectivity index (χ0n) is 9.43. The van der Waals surface area contributed by atoms with Crippen LogP contribution in [0.2, 0.25) is 0 Å². The zero-order chi connectivity index (χ0) is 12.3. The second kappa shape index (κ2) is 5.38. The van der Waals surface area contributed by atoms with E-state index in [4.69, 9.17) is 15.4 Å². The first-order valence-corrected chi connectivity index (χ1v) is 8.15. The highest BCUT2D eigenvalue weighted by Gasteiger charge is 2.17. The Balaban J connectivity index is 1.97. The molecule has 0 amide bonds. The summed E-state index contributed by atoms with van der Waals surface area (Å²) in [5.74, 6) is -0.0200. The van der Waals surface area contributed by atoms with Crippen molar-refractivity contribution < 1.29 is 13.2 Å². The fourth-order valence-electron chi connectivity index (χ4n) is 1.98. The van der Waals surface area contributed by atoms with Crippen molar-refractivity contribution in [2.24, 2.45) is 0 Å². The summed E-state index contributed by atoms with van der Waals surface area (Å²) in [4.78, 5) is 0. The Morgan fingerprint density at radius 2 is 2.00 bits per heavy atom. The molecule has 1 aromatic rings. The fourth-order valence-corrected chi connectivity index (χ4v) is 2.69. The Morgan fingerprint density at radius 3 is 2.53 bits per heavy atom. The van der Waals surface area contributed by atoms with Gasteiger partial charge >= 0.3 is 0 Å². The van der Waals surface area contributed by atoms with Gasteiger partial charge < -0.3 is 4.74 Å². The van der Waals surface area contributed by atoms with Gasteiger partial charge in [-0.3, -0.25) is 0 Å². The summed E-state index contributed by atoms with van der Waals surface area (Å²) in [5.41, 5.74) is 2.15. The molecule has 0 aromatic heterocycles. The maximum Gasteiger partial charge on any atom is 0.232 e. The number of benzene rings is 1. The van der Waals surface area contributed by atoms with Crippen LogP contribution in [0.1, 0.15) is 30.1 Å². The number of aryl methyl sites for hydroxylation is 1. The summed E-state index contributed by atoms with van der Waals surface area (Å²) in [5, 5.41) is 0. The van der Waals surface area contributed by atoms with Crippen molar-refractivity contribution >= 4 is 19.7 Å². The molecule has 3 nitrogen and oxygen atoms in total. The van der Waals surface area contributed by atoms with Crippen LogP contribution in [0.15, 0.2) is 24.3 Å². The second-order valence-electron chi connectivity index (χ2n) is 4.24. The van der Waals surface area contributed by atoms with Gasteiger partial charge in [-0.2, -0.15) is 0 Å². The van der Waals surface area contributed by atoms with Crippen molar-refractivity contribution in [1.82, 2.24) is 0 Å². The first-order chi connectivity index (χ1) is 8.04. The number of hydrogen-bond donors (Lipinski definition) is 0. The second-order valence-corrected chi connectivity index (χ2v) is 7.13. The molecule has 94 valence electrons. The Labute approximate surface area is 106 Å². The monoisotopic (exact) mass is 274 g/mol. The van der Waals surface area contributed by atoms with Crippen molar-refractivity contribution in [3.63, 3.8) is 0 Å². The fraction of sp³-hybridized carbons (Fsp3) is 0.500. The number of halogens is 1. The van der Waals surface area contributed by atoms with Crippen molar-refractivity contribution in [2.45, 2.75) is 25.4 Å². The van der Waals surface area contributed by atoms with E-state index in [1.54, 1.807) is 0 Å². The molecule has 1 saturated heterocycles. The molecule has 0 spiro atoms. The Bertz CT molecular complexity index is 461. The molecule has 1 heterocycles. The molecule has 1 fully saturated rings. The minimum Gasteiger partial charge on any atom is -0.374 e. The minimum atomic E-state index is -3.40. The SMILES string of the molecule is O=S(=O)(Cl)CCc1ccc(C2CCCO2)cc1. The normalized spacial score (nSPS) is 20.6. The molecular weight excluding hydrogens is 260 g/mol. The molecule has 0 radical (unpaired) electrons. The van der Waals surface area contributed by atoms with Gasteiger partial charge in [0.05, 0.1) is 11.9 Å². The van der Waals surface area contributed by atoms with E-state index in [9.17, 15) is 8.42 Å². The summed E-state index contributed by atoms with van der Waals surface area (Å²) in [6, 6.07) is 7.90. The first-order valence-electron chi connectivity index (χ1n) is 5.67. The predicted molar refractivity (Wildman–Crippen MR) is 67.7 cm³/mol. The van der Waals surface area contributed by atoms with Gasteiger partial charge in [0, 0.05) is 17.3 Å². The zero-order valence-corrected chi connectivity index (χ0v) is 11.0. The van der Waals surface area contributed by atoms with E-state index in [0.717, 1.165) is 25.0 Å². The van der Waals surface area contributed by atoms with Crippen molar-refractivity contribution in [2.75, 3.05) is 12.4 Å². The lowest BCUT2D eigenvalue weighted by molar-refractivity contribution is 0.112. The van der Waals surface area contributed by atoms with E-state index in [-0.39, 0.29) is 11.9 Å². The highest BCUT2D eigenvalue weighted by atomic mass is 35.7. The van der Waals surface area contributed by atoms with E-state index in [1.165, 1.54) is 5.56 Å². The molecule has 1 atom stereocenters. The number of hydrogen-bond acceptors (Lipinski definition) is 3. The van der Waals surface area contributed by atoms with Crippen molar-refractivity contribution in [3.05, 3.63) is 35.4 Å². The topological polar surface area (TPSA) is 43.4 Å². The quantitative estimate of drug-likeness (QED) is 0.793. The maximum atomic E-state index is 10.8. The van der Waals surface area contributed by atoms with Gasteiger partial charge in [0.2, 0.25) is 9.05 Å². The molecule has 5 heteroatoms. The Morgan fingerprint density at radius 1 is 1.29 bits per heavy atom. The van der Waals surface area contributed by atoms with Crippen LogP contribution in [0, 0.1) is 0 Å². The van der Waals surface area contributed by atoms with Gasteiger partial charge in [-0.05, 0) is 30.4 Å². The van der Waals surface area contributed by atoms with Gasteiger partial charge in [0.25, 0.3) is 0 Å². The lowest BCUT2D eigenvalue weighted by Gasteiger charge is -2.10. The van der Waals surface area contributed by atoms with Crippen LogP contribution in [0.5, 0.6) is 0 Å². The Kier molecular flexibility index (Phi) is 4.07. The molecule has 0 saturated carbocycles. The standard InChI is InChI=1S/C12H15ClO3S/c13-17(14,15)9-7-10-3-5-11(6-4-10)12-2-1-8-16-12/h3-6,12H,1-2,7-9H2. The van der Waals surface area contributed by atoms with Crippen LogP contribution < -0.4 is 0 Å². The smallest absolute Gasteiger partial charge is 0.232 e. The summed E-state index contributed by atoms with van der Waals surface area (Å²) in [6.45, 7) is 0.830. The highest BCUT2D eigenvalue weighted by Crippen LogP contribution is 2.28. The molecule has 17 heavy (non-hydrogen) atoms. The molecule has 1 unspecified atom stereocenters. The third-order valence-electron chi connectivity index (χ3n) is 2.92. The van der Waals surface area contributed by atoms with E-state index in [0.29, 0.717) is 6.42 Å². The number of ether oxygens (including phenoxy) is 1. The molecule has 1 aliphatic heterocycles. The predicted octanol–water partition coefficient (Wildman–Crippen LogP) is 2.65. The van der Waals surface area contributed by atoms with Crippen LogP contribution in [-0.4, -0.2) is 20.8 Å². The molecule has 0 bridgehead atoms. The summed E-state index contributed by atoms with van der Waals surface area (Å²) < 4.78 is 27.2. The molecule has 1 aromatic carbocycles. The third-order valence-corrected chi connectivity index (χ3v) is 4.07. The molecule has 2 rings (SSSR count). The average Bonchev–Trinajstić information content (AvgIpc) is 2.79. The van der Waals surface area contributed by atoms with Crippen LogP contribution >= 0.6 is 10.7 Å². The molecule has 0 aliphatic carbocycles. The Hall–Kier alpha value is -0.580. The van der Waals surface area contributed by atoms with Gasteiger partial charge in [0.1, 0.15) is 0 Å². The van der Waals surface area contributed by atoms with E-state index < -0.39 is 9.05 Å². The lowest BCUT2D eigenvalue weighted by Crippen LogP contribution is -2.01. The van der Waals surface area contributed by atoms with E-state index in [1.807, 2.05) is 24.3 Å². The molecule has 0 N–H and O–H groups in total. The lowest BCUT2D eigenvalue weighted by atomic mass is 10.0. The minimum absolute atomic E-state index is 0.0200. The first kappa shape index (κ1) is 12.9. The molecule has 1 aliphatic rings. The van der Waals surface area contributed by atoms with Crippen LogP contribution in [0.3, 0.4) is 0 Å². The summed E-state index contributed by atoms with van der Waals surface area (Å²) in [6.07, 6.45) is 2.84. The van der Waals surface area contributed by atoms with Crippen molar-refractivity contribution in [3.8, 4) is 0 Å². The van der Waals surface area contributed by atoms with E-state index in [2.05, 4.69) is 0 Å². The summed E-state index contributed by atoms with van der Waals surface area (Å²) in [7, 11) is 1.77. The van der Waals surface area contributed by atoms with Crippen molar-refractivity contribution in [1.29, 1.82) is 0 Å². The van der Waals surface area contributed by atoms with Gasteiger partial charge in [-0.15, -0.1) is 0 Å². The number of rotatable bonds is 4. The van der Waals surface area contributed by atoms with Gasteiger partial charge in [0.15, 0.2) is 0 Å². The van der Waals surface area contributed by atoms with Crippen LogP contribution in [-0.2, 0) is 20.2 Å². The van der Waals surface area contributed by atoms with Gasteiger partial charge in [-0.1, -0.05) is 24.3 Å². The van der Waals surface area contributed by atoms with Gasteiger partial charge in [-0.25, -0.2) is 8.42 Å².